The van der Waals surface area contributed by atoms with E-state index in [9.17, 15) is 14.0 Å². The van der Waals surface area contributed by atoms with Crippen LogP contribution in [0.5, 0.6) is 0 Å². The second-order valence-corrected chi connectivity index (χ2v) is 10.5. The van der Waals surface area contributed by atoms with Crippen molar-refractivity contribution in [1.82, 2.24) is 0 Å². The molecular weight excluding hydrogens is 465 g/mol. The molecule has 0 saturated heterocycles. The maximum absolute atomic E-state index is 14.0. The van der Waals surface area contributed by atoms with Crippen LogP contribution in [0.2, 0.25) is 0 Å². The van der Waals surface area contributed by atoms with E-state index < -0.39 is 6.04 Å². The van der Waals surface area contributed by atoms with Crippen LogP contribution in [0.1, 0.15) is 48.8 Å². The third-order valence-corrected chi connectivity index (χ3v) is 7.72. The van der Waals surface area contributed by atoms with Crippen molar-refractivity contribution in [1.29, 1.82) is 0 Å². The number of para-hydroxylation sites is 2. The number of ketones is 1. The molecule has 188 valence electrons. The Labute approximate surface area is 216 Å². The van der Waals surface area contributed by atoms with Crippen LogP contribution in [0.25, 0.3) is 0 Å². The van der Waals surface area contributed by atoms with Crippen molar-refractivity contribution in [3.63, 3.8) is 0 Å². The van der Waals surface area contributed by atoms with Crippen LogP contribution in [0.15, 0.2) is 84.1 Å². The maximum Gasteiger partial charge on any atom is 0.231 e. The third-order valence-electron chi connectivity index (χ3n) is 7.72. The fourth-order valence-electron chi connectivity index (χ4n) is 5.60. The van der Waals surface area contributed by atoms with Gasteiger partial charge in [-0.15, -0.1) is 0 Å². The molecule has 0 aromatic heterocycles. The number of carbonyl (C=O) groups excluding carboxylic acids is 2. The number of carbonyl (C=O) groups is 2. The highest BCUT2D eigenvalue weighted by Gasteiger charge is 2.45. The highest BCUT2D eigenvalue weighted by Crippen LogP contribution is 2.49. The Morgan fingerprint density at radius 1 is 0.919 bits per heavy atom. The molecule has 3 aliphatic rings. The number of fused-ring (bicyclic) bond motifs is 1. The topological polar surface area (TPSA) is 52.7 Å². The molecule has 1 amide bonds. The molecule has 6 heteroatoms. The van der Waals surface area contributed by atoms with Crippen LogP contribution in [-0.2, 0) is 9.59 Å². The number of hydrogen-bond acceptors (Lipinski definition) is 4. The Hall–Kier alpha value is -3.93. The average molecular weight is 496 g/mol. The number of nitrogens with zero attached hydrogens (tertiary/aromatic N) is 2. The summed E-state index contributed by atoms with van der Waals surface area (Å²) in [6.07, 6.45) is 2.69. The van der Waals surface area contributed by atoms with Crippen LogP contribution in [-0.4, -0.2) is 25.8 Å². The number of nitrogens with one attached hydrogen (secondary N) is 1. The van der Waals surface area contributed by atoms with Gasteiger partial charge < -0.3 is 10.2 Å². The quantitative estimate of drug-likeness (QED) is 0.468. The summed E-state index contributed by atoms with van der Waals surface area (Å²) >= 11 is 0. The molecule has 1 saturated carbocycles. The number of halogens is 1. The molecular formula is C31H30FN3O2. The van der Waals surface area contributed by atoms with Gasteiger partial charge in [0.25, 0.3) is 0 Å². The van der Waals surface area contributed by atoms with Crippen molar-refractivity contribution in [2.45, 2.75) is 37.6 Å². The molecule has 1 aliphatic heterocycles. The Morgan fingerprint density at radius 2 is 1.59 bits per heavy atom. The van der Waals surface area contributed by atoms with E-state index in [-0.39, 0.29) is 29.3 Å². The van der Waals surface area contributed by atoms with Crippen molar-refractivity contribution in [2.75, 3.05) is 29.2 Å². The van der Waals surface area contributed by atoms with E-state index in [0.29, 0.717) is 18.4 Å². The number of benzene rings is 3. The highest BCUT2D eigenvalue weighted by atomic mass is 19.1. The van der Waals surface area contributed by atoms with Gasteiger partial charge in [0.05, 0.1) is 17.4 Å². The predicted molar refractivity (Wildman–Crippen MR) is 144 cm³/mol. The summed E-state index contributed by atoms with van der Waals surface area (Å²) < 4.78 is 13.6. The van der Waals surface area contributed by atoms with Crippen LogP contribution in [0, 0.1) is 11.7 Å². The zero-order valence-electron chi connectivity index (χ0n) is 21.1. The molecule has 1 heterocycles. The average Bonchev–Trinajstić information content (AvgIpc) is 3.75. The molecule has 0 spiro atoms. The van der Waals surface area contributed by atoms with Crippen LogP contribution in [0.3, 0.4) is 0 Å². The second kappa shape index (κ2) is 9.18. The lowest BCUT2D eigenvalue weighted by atomic mass is 9.78. The molecule has 3 aromatic carbocycles. The largest absolute Gasteiger partial charge is 0.378 e. The molecule has 0 bridgehead atoms. The van der Waals surface area contributed by atoms with E-state index in [2.05, 4.69) is 5.32 Å². The van der Waals surface area contributed by atoms with E-state index in [1.165, 1.54) is 12.1 Å². The van der Waals surface area contributed by atoms with E-state index in [0.717, 1.165) is 46.7 Å². The van der Waals surface area contributed by atoms with Gasteiger partial charge in [-0.1, -0.05) is 36.4 Å². The van der Waals surface area contributed by atoms with Crippen molar-refractivity contribution >= 4 is 28.8 Å². The van der Waals surface area contributed by atoms with E-state index >= 15 is 0 Å². The SMILES string of the molecule is CN(C)c1ccc([C@H]2C3=C(C[C@@H](c4ccc(F)cc4)CC3=O)Nc3ccccc3N2C(=O)C2CC2)cc1. The molecule has 3 aromatic rings. The first-order valence-corrected chi connectivity index (χ1v) is 12.9. The number of allylic oxidation sites excluding steroid dienone is 1. The summed E-state index contributed by atoms with van der Waals surface area (Å²) in [7, 11) is 3.98. The summed E-state index contributed by atoms with van der Waals surface area (Å²) in [5, 5.41) is 3.56. The zero-order chi connectivity index (χ0) is 25.7. The van der Waals surface area contributed by atoms with Gasteiger partial charge in [0, 0.05) is 43.4 Å². The van der Waals surface area contributed by atoms with E-state index in [1.807, 2.05) is 72.4 Å². The van der Waals surface area contributed by atoms with Gasteiger partial charge in [-0.3, -0.25) is 14.5 Å². The number of hydrogen-bond donors (Lipinski definition) is 1. The molecule has 2 atom stereocenters. The standard InChI is InChI=1S/C31H30FN3O2/c1-34(2)24-15-11-20(12-16-24)30-29-26(17-22(18-28(29)36)19-9-13-23(32)14-10-19)33-25-5-3-4-6-27(25)35(30)31(37)21-7-8-21/h3-6,9-16,21-22,30,33H,7-8,17-18H2,1-2H3/t22-,30+/m1/s1. The molecule has 5 nitrogen and oxygen atoms in total. The van der Waals surface area contributed by atoms with Crippen LogP contribution < -0.4 is 15.1 Å². The van der Waals surface area contributed by atoms with Gasteiger partial charge in [-0.25, -0.2) is 4.39 Å². The molecule has 0 radical (unpaired) electrons. The molecule has 37 heavy (non-hydrogen) atoms. The van der Waals surface area contributed by atoms with Gasteiger partial charge in [0.15, 0.2) is 5.78 Å². The summed E-state index contributed by atoms with van der Waals surface area (Å²) in [6.45, 7) is 0. The lowest BCUT2D eigenvalue weighted by molar-refractivity contribution is -0.120. The Kier molecular flexibility index (Phi) is 5.82. The monoisotopic (exact) mass is 495 g/mol. The molecule has 1 N–H and O–H groups in total. The minimum absolute atomic E-state index is 0.00980. The lowest BCUT2D eigenvalue weighted by Crippen LogP contribution is -2.39. The summed E-state index contributed by atoms with van der Waals surface area (Å²) in [5.74, 6) is -0.273. The third kappa shape index (κ3) is 4.31. The fraction of sp³-hybridized carbons (Fsp3) is 0.290. The van der Waals surface area contributed by atoms with Crippen molar-refractivity contribution in [2.24, 2.45) is 5.92 Å². The first-order chi connectivity index (χ1) is 17.9. The number of amides is 1. The van der Waals surface area contributed by atoms with Gasteiger partial charge in [-0.05, 0) is 72.7 Å². The summed E-state index contributed by atoms with van der Waals surface area (Å²) in [6, 6.07) is 21.9. The van der Waals surface area contributed by atoms with Crippen molar-refractivity contribution in [3.05, 3.63) is 101 Å². The zero-order valence-corrected chi connectivity index (χ0v) is 21.1. The Bertz CT molecular complexity index is 1390. The van der Waals surface area contributed by atoms with Crippen molar-refractivity contribution in [3.8, 4) is 0 Å². The Morgan fingerprint density at radius 3 is 2.27 bits per heavy atom. The Balaban J connectivity index is 1.52. The molecule has 1 fully saturated rings. The molecule has 2 aliphatic carbocycles. The van der Waals surface area contributed by atoms with Crippen molar-refractivity contribution < 1.29 is 14.0 Å². The van der Waals surface area contributed by atoms with E-state index in [1.54, 1.807) is 12.1 Å². The summed E-state index contributed by atoms with van der Waals surface area (Å²) in [4.78, 5) is 31.7. The normalized spacial score (nSPS) is 21.1. The van der Waals surface area contributed by atoms with Gasteiger partial charge >= 0.3 is 0 Å². The van der Waals surface area contributed by atoms with Crippen LogP contribution in [0.4, 0.5) is 21.5 Å². The first kappa shape index (κ1) is 23.5. The van der Waals surface area contributed by atoms with Gasteiger partial charge in [-0.2, -0.15) is 0 Å². The highest BCUT2D eigenvalue weighted by molar-refractivity contribution is 6.07. The van der Waals surface area contributed by atoms with Gasteiger partial charge in [0.1, 0.15) is 5.82 Å². The lowest BCUT2D eigenvalue weighted by Gasteiger charge is -2.35. The van der Waals surface area contributed by atoms with E-state index in [4.69, 9.17) is 0 Å². The maximum atomic E-state index is 14.0. The fourth-order valence-corrected chi connectivity index (χ4v) is 5.60. The number of anilines is 3. The van der Waals surface area contributed by atoms with Crippen LogP contribution >= 0.6 is 0 Å². The first-order valence-electron chi connectivity index (χ1n) is 12.9. The molecule has 0 unspecified atom stereocenters. The summed E-state index contributed by atoms with van der Waals surface area (Å²) in [5.41, 5.74) is 6.02. The number of Topliss-reactive ketones (excluding diaryl/α,β-unsaturated/α-hetero) is 1. The van der Waals surface area contributed by atoms with Gasteiger partial charge in [0.2, 0.25) is 5.91 Å². The second-order valence-electron chi connectivity index (χ2n) is 10.5. The minimum atomic E-state index is -0.517. The smallest absolute Gasteiger partial charge is 0.231 e. The predicted octanol–water partition coefficient (Wildman–Crippen LogP) is 6.20. The number of rotatable bonds is 4. The molecule has 6 rings (SSSR count). The minimum Gasteiger partial charge on any atom is -0.378 e.